The number of unbranched alkanes of at least 4 members (excludes halogenated alkanes) is 1. The maximum Gasteiger partial charge on any atom is 0.405 e. The summed E-state index contributed by atoms with van der Waals surface area (Å²) >= 11 is 0. The van der Waals surface area contributed by atoms with Crippen LogP contribution in [0.5, 0.6) is 11.5 Å². The van der Waals surface area contributed by atoms with Gasteiger partial charge in [-0.25, -0.2) is 14.0 Å². The number of alkyl halides is 3. The number of rotatable bonds is 11. The molecule has 1 amide bonds. The molecular formula is C23H25F3N6O3S. The van der Waals surface area contributed by atoms with E-state index in [1.165, 1.54) is 24.7 Å². The molecule has 0 aliphatic rings. The molecule has 0 saturated carbocycles. The van der Waals surface area contributed by atoms with Crippen molar-refractivity contribution in [2.75, 3.05) is 23.1 Å². The molecule has 3 rings (SSSR count). The second kappa shape index (κ2) is 11.7. The highest BCUT2D eigenvalue weighted by Gasteiger charge is 2.29. The first-order valence-electron chi connectivity index (χ1n) is 10.9. The minimum absolute atomic E-state index is 0.0129. The molecule has 13 heteroatoms. The summed E-state index contributed by atoms with van der Waals surface area (Å²) in [6.45, 7) is 0.860. The van der Waals surface area contributed by atoms with E-state index in [9.17, 15) is 22.2 Å². The van der Waals surface area contributed by atoms with Crippen molar-refractivity contribution >= 4 is 27.3 Å². The maximum absolute atomic E-state index is 13.6. The van der Waals surface area contributed by atoms with Gasteiger partial charge in [0.05, 0.1) is 11.9 Å². The highest BCUT2D eigenvalue weighted by Crippen LogP contribution is 2.38. The van der Waals surface area contributed by atoms with Gasteiger partial charge in [-0.3, -0.25) is 14.5 Å². The second-order valence-electron chi connectivity index (χ2n) is 7.59. The molecule has 0 fully saturated rings. The summed E-state index contributed by atoms with van der Waals surface area (Å²) in [7, 11) is -3.94. The lowest BCUT2D eigenvalue weighted by Crippen LogP contribution is -2.33. The molecule has 36 heavy (non-hydrogen) atoms. The van der Waals surface area contributed by atoms with Crippen molar-refractivity contribution in [3.8, 4) is 11.5 Å². The zero-order valence-electron chi connectivity index (χ0n) is 19.3. The molecule has 0 aliphatic carbocycles. The van der Waals surface area contributed by atoms with Gasteiger partial charge in [-0.15, -0.1) is 0 Å². The summed E-state index contributed by atoms with van der Waals surface area (Å²) in [5.74, 6) is -0.675. The Kier molecular flexibility index (Phi) is 8.69. The number of benzene rings is 2. The number of hydrogen-bond acceptors (Lipinski definition) is 7. The maximum atomic E-state index is 13.6. The largest absolute Gasteiger partial charge is 0.454 e. The van der Waals surface area contributed by atoms with E-state index in [1.54, 1.807) is 35.6 Å². The normalized spacial score (nSPS) is 12.9. The third-order valence-corrected chi connectivity index (χ3v) is 6.12. The zero-order chi connectivity index (χ0) is 26.2. The number of carbonyl (C=O) groups excluding carboxylic acids is 1. The fourth-order valence-corrected chi connectivity index (χ4v) is 4.24. The number of nitrogens with one attached hydrogen (secondary N) is 4. The van der Waals surface area contributed by atoms with Crippen LogP contribution in [0.2, 0.25) is 0 Å². The van der Waals surface area contributed by atoms with Gasteiger partial charge in [-0.05, 0) is 30.7 Å². The van der Waals surface area contributed by atoms with Crippen LogP contribution in [0.3, 0.4) is 0 Å². The van der Waals surface area contributed by atoms with E-state index in [2.05, 4.69) is 20.0 Å². The van der Waals surface area contributed by atoms with Crippen LogP contribution in [0.15, 0.2) is 66.0 Å². The van der Waals surface area contributed by atoms with E-state index in [4.69, 9.17) is 9.52 Å². The number of nitrogens with zero attached hydrogens (tertiary/aromatic N) is 2. The Hall–Kier alpha value is -3.87. The Morgan fingerprint density at radius 2 is 1.92 bits per heavy atom. The molecule has 0 spiro atoms. The molecule has 0 saturated heterocycles. The van der Waals surface area contributed by atoms with Crippen molar-refractivity contribution in [1.29, 1.82) is 4.78 Å². The van der Waals surface area contributed by atoms with Crippen LogP contribution >= 0.6 is 0 Å². The standard InChI is InChI=1S/C23H25F3N6O3S/c1-2-3-9-29-18-12-16(22(33)31-15-23(24,25)26)13-19(21(18)35-17-7-5-4-6-8-17)36(27,34)32-20-14-28-10-11-30-20/h4-8,10-14,29H,2-3,9,15H2,1H3,(H,31,33)(H2,27,30,32,34). The van der Waals surface area contributed by atoms with Gasteiger partial charge in [0.15, 0.2) is 21.5 Å². The highest BCUT2D eigenvalue weighted by molar-refractivity contribution is 7.93. The van der Waals surface area contributed by atoms with Gasteiger partial charge in [0.1, 0.15) is 17.2 Å². The molecule has 1 atom stereocenters. The predicted molar refractivity (Wildman–Crippen MR) is 130 cm³/mol. The van der Waals surface area contributed by atoms with Crippen molar-refractivity contribution in [2.24, 2.45) is 0 Å². The van der Waals surface area contributed by atoms with Crippen LogP contribution in [0.4, 0.5) is 24.7 Å². The van der Waals surface area contributed by atoms with Gasteiger partial charge in [0, 0.05) is 24.5 Å². The third-order valence-electron chi connectivity index (χ3n) is 4.70. The molecule has 1 unspecified atom stereocenters. The topological polar surface area (TPSA) is 129 Å². The van der Waals surface area contributed by atoms with Gasteiger partial charge in [0.25, 0.3) is 5.91 Å². The number of hydrogen-bond donors (Lipinski definition) is 4. The van der Waals surface area contributed by atoms with Gasteiger partial charge < -0.3 is 15.4 Å². The van der Waals surface area contributed by atoms with Crippen LogP contribution in [-0.2, 0) is 9.92 Å². The Morgan fingerprint density at radius 1 is 1.17 bits per heavy atom. The van der Waals surface area contributed by atoms with Crippen molar-refractivity contribution in [1.82, 2.24) is 15.3 Å². The summed E-state index contributed by atoms with van der Waals surface area (Å²) in [5.41, 5.74) is -0.0301. The summed E-state index contributed by atoms with van der Waals surface area (Å²) in [6, 6.07) is 10.9. The smallest absolute Gasteiger partial charge is 0.405 e. The van der Waals surface area contributed by atoms with E-state index >= 15 is 0 Å². The summed E-state index contributed by atoms with van der Waals surface area (Å²) < 4.78 is 68.7. The lowest BCUT2D eigenvalue weighted by Gasteiger charge is -2.20. The van der Waals surface area contributed by atoms with E-state index in [0.29, 0.717) is 12.3 Å². The van der Waals surface area contributed by atoms with Crippen LogP contribution in [0, 0.1) is 4.78 Å². The quantitative estimate of drug-likeness (QED) is 0.256. The number of carbonyl (C=O) groups is 1. The van der Waals surface area contributed by atoms with Gasteiger partial charge in [-0.1, -0.05) is 31.5 Å². The molecule has 4 N–H and O–H groups in total. The SMILES string of the molecule is CCCCNc1cc(C(=O)NCC(F)(F)F)cc(S(=N)(=O)Nc2cnccn2)c1Oc1ccccc1. The zero-order valence-corrected chi connectivity index (χ0v) is 20.1. The van der Waals surface area contributed by atoms with Crippen molar-refractivity contribution in [3.63, 3.8) is 0 Å². The number of anilines is 2. The summed E-state index contributed by atoms with van der Waals surface area (Å²) in [6.07, 6.45) is 0.933. The molecular weight excluding hydrogens is 497 g/mol. The fraction of sp³-hybridized carbons (Fsp3) is 0.261. The van der Waals surface area contributed by atoms with Gasteiger partial charge in [-0.2, -0.15) is 13.2 Å². The van der Waals surface area contributed by atoms with Crippen molar-refractivity contribution in [2.45, 2.75) is 30.8 Å². The van der Waals surface area contributed by atoms with E-state index < -0.39 is 28.5 Å². The number of para-hydroxylation sites is 1. The molecule has 0 bridgehead atoms. The van der Waals surface area contributed by atoms with E-state index in [0.717, 1.165) is 18.9 Å². The van der Waals surface area contributed by atoms with Gasteiger partial charge in [0.2, 0.25) is 0 Å². The number of ether oxygens (including phenoxy) is 1. The molecule has 1 aromatic heterocycles. The summed E-state index contributed by atoms with van der Waals surface area (Å²) in [4.78, 5) is 20.2. The minimum Gasteiger partial charge on any atom is -0.454 e. The molecule has 0 aliphatic heterocycles. The highest BCUT2D eigenvalue weighted by atomic mass is 32.2. The second-order valence-corrected chi connectivity index (χ2v) is 9.35. The first-order chi connectivity index (χ1) is 17.1. The lowest BCUT2D eigenvalue weighted by molar-refractivity contribution is -0.123. The average molecular weight is 523 g/mol. The van der Waals surface area contributed by atoms with Gasteiger partial charge >= 0.3 is 6.18 Å². The molecule has 192 valence electrons. The number of aromatic nitrogens is 2. The molecule has 9 nitrogen and oxygen atoms in total. The molecule has 0 radical (unpaired) electrons. The van der Waals surface area contributed by atoms with Crippen LogP contribution in [-0.4, -0.2) is 39.3 Å². The molecule has 3 aromatic rings. The average Bonchev–Trinajstić information content (AvgIpc) is 2.84. The Balaban J connectivity index is 2.13. The molecule has 2 aromatic carbocycles. The monoisotopic (exact) mass is 522 g/mol. The van der Waals surface area contributed by atoms with Crippen LogP contribution in [0.25, 0.3) is 0 Å². The van der Waals surface area contributed by atoms with E-state index in [1.807, 2.05) is 6.92 Å². The van der Waals surface area contributed by atoms with Crippen LogP contribution < -0.4 is 20.1 Å². The first-order valence-corrected chi connectivity index (χ1v) is 12.5. The number of halogens is 3. The predicted octanol–water partition coefficient (Wildman–Crippen LogP) is 5.21. The first kappa shape index (κ1) is 26.7. The molecule has 1 heterocycles. The Labute approximate surface area is 206 Å². The fourth-order valence-electron chi connectivity index (χ4n) is 3.03. The number of amides is 1. The van der Waals surface area contributed by atoms with E-state index in [-0.39, 0.29) is 27.7 Å². The Bertz CT molecular complexity index is 1270. The Morgan fingerprint density at radius 3 is 2.56 bits per heavy atom. The summed E-state index contributed by atoms with van der Waals surface area (Å²) in [5, 5.41) is 4.89. The minimum atomic E-state index is -4.62. The third kappa shape index (κ3) is 7.57. The van der Waals surface area contributed by atoms with Crippen molar-refractivity contribution < 1.29 is 26.9 Å². The van der Waals surface area contributed by atoms with Crippen molar-refractivity contribution in [3.05, 3.63) is 66.6 Å². The lowest BCUT2D eigenvalue weighted by atomic mass is 10.1. The van der Waals surface area contributed by atoms with Crippen LogP contribution in [0.1, 0.15) is 30.1 Å².